The molecule has 0 spiro atoms. The summed E-state index contributed by atoms with van der Waals surface area (Å²) in [4.78, 5) is 3.76. The molecule has 0 radical (unpaired) electrons. The maximum Gasteiger partial charge on any atom is 0.443 e. The topological polar surface area (TPSA) is 48.1 Å². The fourth-order valence-electron chi connectivity index (χ4n) is 1.74. The first-order valence-electron chi connectivity index (χ1n) is 6.43. The van der Waals surface area contributed by atoms with Gasteiger partial charge >= 0.3 is 6.18 Å². The smallest absolute Gasteiger partial charge is 0.443 e. The minimum Gasteiger partial charge on any atom is -0.494 e. The summed E-state index contributed by atoms with van der Waals surface area (Å²) in [7, 11) is 0. The van der Waals surface area contributed by atoms with Gasteiger partial charge in [0.1, 0.15) is 5.75 Å². The summed E-state index contributed by atoms with van der Waals surface area (Å²) >= 11 is 0.565. The van der Waals surface area contributed by atoms with Gasteiger partial charge in [-0.1, -0.05) is 19.1 Å². The van der Waals surface area contributed by atoms with E-state index in [0.717, 1.165) is 6.42 Å². The number of nitrogens with two attached hydrogens (primary N) is 1. The van der Waals surface area contributed by atoms with Crippen LogP contribution in [0.25, 0.3) is 0 Å². The summed E-state index contributed by atoms with van der Waals surface area (Å²) in [6.45, 7) is 2.57. The van der Waals surface area contributed by atoms with Gasteiger partial charge in [0.05, 0.1) is 12.6 Å². The van der Waals surface area contributed by atoms with Crippen LogP contribution in [0.2, 0.25) is 0 Å². The van der Waals surface area contributed by atoms with Gasteiger partial charge in [-0.05, 0) is 24.1 Å². The van der Waals surface area contributed by atoms with Crippen molar-refractivity contribution in [3.05, 3.63) is 45.9 Å². The molecule has 0 aliphatic heterocycles. The highest BCUT2D eigenvalue weighted by Gasteiger charge is 2.35. The van der Waals surface area contributed by atoms with E-state index in [2.05, 4.69) is 4.98 Å². The molecular formula is C14H15F3N2OS. The van der Waals surface area contributed by atoms with Crippen LogP contribution >= 0.6 is 11.3 Å². The summed E-state index contributed by atoms with van der Waals surface area (Å²) in [6, 6.07) is 6.42. The van der Waals surface area contributed by atoms with Crippen molar-refractivity contribution in [2.75, 3.05) is 6.61 Å². The minimum atomic E-state index is -4.44. The van der Waals surface area contributed by atoms with Crippen molar-refractivity contribution >= 4 is 11.3 Å². The van der Waals surface area contributed by atoms with Crippen molar-refractivity contribution in [3.63, 3.8) is 0 Å². The molecule has 2 N–H and O–H groups in total. The SMILES string of the molecule is CCCOc1cccc(C(N)c2cnc(C(F)(F)F)s2)c1. The lowest BCUT2D eigenvalue weighted by molar-refractivity contribution is -0.137. The van der Waals surface area contributed by atoms with Crippen LogP contribution in [0.5, 0.6) is 5.75 Å². The first kappa shape index (κ1) is 15.8. The highest BCUT2D eigenvalue weighted by atomic mass is 32.1. The highest BCUT2D eigenvalue weighted by molar-refractivity contribution is 7.11. The third kappa shape index (κ3) is 3.95. The number of hydrogen-bond acceptors (Lipinski definition) is 4. The third-order valence-electron chi connectivity index (χ3n) is 2.76. The Morgan fingerprint density at radius 3 is 2.76 bits per heavy atom. The van der Waals surface area contributed by atoms with Crippen LogP contribution in [0.15, 0.2) is 30.5 Å². The van der Waals surface area contributed by atoms with Crippen molar-refractivity contribution in [2.45, 2.75) is 25.6 Å². The lowest BCUT2D eigenvalue weighted by Crippen LogP contribution is -2.10. The van der Waals surface area contributed by atoms with E-state index >= 15 is 0 Å². The van der Waals surface area contributed by atoms with Gasteiger partial charge in [-0.3, -0.25) is 0 Å². The number of ether oxygens (including phenoxy) is 1. The van der Waals surface area contributed by atoms with E-state index in [1.54, 1.807) is 24.3 Å². The molecule has 7 heteroatoms. The van der Waals surface area contributed by atoms with Gasteiger partial charge in [-0.25, -0.2) is 4.98 Å². The fraction of sp³-hybridized carbons (Fsp3) is 0.357. The number of aromatic nitrogens is 1. The molecule has 0 saturated carbocycles. The van der Waals surface area contributed by atoms with Crippen molar-refractivity contribution < 1.29 is 17.9 Å². The average molecular weight is 316 g/mol. The summed E-state index contributed by atoms with van der Waals surface area (Å²) < 4.78 is 43.2. The third-order valence-corrected chi connectivity index (χ3v) is 3.89. The molecule has 0 saturated heterocycles. The van der Waals surface area contributed by atoms with Crippen molar-refractivity contribution in [1.82, 2.24) is 4.98 Å². The molecule has 0 fully saturated rings. The monoisotopic (exact) mass is 316 g/mol. The summed E-state index contributed by atoms with van der Waals surface area (Å²) in [5, 5.41) is -0.883. The lowest BCUT2D eigenvalue weighted by Gasteiger charge is -2.12. The van der Waals surface area contributed by atoms with E-state index in [-0.39, 0.29) is 0 Å². The molecule has 0 amide bonds. The van der Waals surface area contributed by atoms with E-state index in [1.165, 1.54) is 6.20 Å². The number of alkyl halides is 3. The number of halogens is 3. The summed E-state index contributed by atoms with van der Waals surface area (Å²) in [5.41, 5.74) is 6.71. The van der Waals surface area contributed by atoms with Gasteiger partial charge in [-0.15, -0.1) is 11.3 Å². The predicted octanol–water partition coefficient (Wildman–Crippen LogP) is 4.00. The fourth-order valence-corrected chi connectivity index (χ4v) is 2.56. The second-order valence-corrected chi connectivity index (χ2v) is 5.53. The van der Waals surface area contributed by atoms with Crippen molar-refractivity contribution in [2.24, 2.45) is 5.73 Å². The normalized spacial score (nSPS) is 13.2. The van der Waals surface area contributed by atoms with E-state index in [0.29, 0.717) is 34.1 Å². The van der Waals surface area contributed by atoms with Gasteiger partial charge in [0.15, 0.2) is 5.01 Å². The molecule has 1 aromatic carbocycles. The standard InChI is InChI=1S/C14H15F3N2OS/c1-2-6-20-10-5-3-4-9(7-10)12(18)11-8-19-13(21-11)14(15,16)17/h3-5,7-8,12H,2,6,18H2,1H3. The Labute approximate surface area is 124 Å². The molecule has 2 rings (SSSR count). The van der Waals surface area contributed by atoms with Gasteiger partial charge in [-0.2, -0.15) is 13.2 Å². The van der Waals surface area contributed by atoms with E-state index < -0.39 is 17.2 Å². The minimum absolute atomic E-state index is 0.370. The molecule has 1 atom stereocenters. The molecule has 1 aromatic heterocycles. The molecule has 1 unspecified atom stereocenters. The molecule has 1 heterocycles. The zero-order valence-electron chi connectivity index (χ0n) is 11.4. The van der Waals surface area contributed by atoms with Crippen LogP contribution < -0.4 is 10.5 Å². The first-order valence-corrected chi connectivity index (χ1v) is 7.24. The second kappa shape index (κ2) is 6.44. The van der Waals surface area contributed by atoms with Crippen LogP contribution in [0.1, 0.15) is 34.8 Å². The predicted molar refractivity (Wildman–Crippen MR) is 75.4 cm³/mol. The van der Waals surface area contributed by atoms with Gasteiger partial charge in [0.25, 0.3) is 0 Å². The summed E-state index contributed by atoms with van der Waals surface area (Å²) in [6.07, 6.45) is -2.38. The molecule has 21 heavy (non-hydrogen) atoms. The van der Waals surface area contributed by atoms with Crippen molar-refractivity contribution in [1.29, 1.82) is 0 Å². The van der Waals surface area contributed by atoms with Gasteiger partial charge in [0.2, 0.25) is 0 Å². The molecule has 0 aliphatic rings. The van der Waals surface area contributed by atoms with E-state index in [4.69, 9.17) is 10.5 Å². The summed E-state index contributed by atoms with van der Waals surface area (Å²) in [5.74, 6) is 0.658. The number of hydrogen-bond donors (Lipinski definition) is 1. The molecular weight excluding hydrogens is 301 g/mol. The van der Waals surface area contributed by atoms with Crippen LogP contribution in [0.3, 0.4) is 0 Å². The second-order valence-electron chi connectivity index (χ2n) is 4.46. The van der Waals surface area contributed by atoms with Crippen LogP contribution in [0.4, 0.5) is 13.2 Å². The zero-order chi connectivity index (χ0) is 15.5. The van der Waals surface area contributed by atoms with Gasteiger partial charge in [0, 0.05) is 11.1 Å². The average Bonchev–Trinajstić information content (AvgIpc) is 2.94. The number of thiazole rings is 1. The zero-order valence-corrected chi connectivity index (χ0v) is 12.2. The molecule has 0 bridgehead atoms. The molecule has 2 aromatic rings. The Bertz CT molecular complexity index is 598. The molecule has 114 valence electrons. The number of benzene rings is 1. The Hall–Kier alpha value is -1.60. The quantitative estimate of drug-likeness (QED) is 0.907. The van der Waals surface area contributed by atoms with Crippen molar-refractivity contribution in [3.8, 4) is 5.75 Å². The van der Waals surface area contributed by atoms with Crippen LogP contribution in [-0.4, -0.2) is 11.6 Å². The number of nitrogens with zero attached hydrogens (tertiary/aromatic N) is 1. The Morgan fingerprint density at radius 2 is 2.14 bits per heavy atom. The van der Waals surface area contributed by atoms with Crippen LogP contribution in [-0.2, 0) is 6.18 Å². The van der Waals surface area contributed by atoms with E-state index in [1.807, 2.05) is 6.92 Å². The highest BCUT2D eigenvalue weighted by Crippen LogP contribution is 2.35. The maximum absolute atomic E-state index is 12.6. The molecule has 0 aliphatic carbocycles. The van der Waals surface area contributed by atoms with Gasteiger partial charge < -0.3 is 10.5 Å². The number of rotatable bonds is 5. The van der Waals surface area contributed by atoms with Crippen LogP contribution in [0, 0.1) is 0 Å². The molecule has 3 nitrogen and oxygen atoms in total. The Morgan fingerprint density at radius 1 is 1.38 bits per heavy atom. The maximum atomic E-state index is 12.6. The lowest BCUT2D eigenvalue weighted by atomic mass is 10.1. The van der Waals surface area contributed by atoms with E-state index in [9.17, 15) is 13.2 Å². The Balaban J connectivity index is 2.19. The largest absolute Gasteiger partial charge is 0.494 e. The Kier molecular flexibility index (Phi) is 4.84. The first-order chi connectivity index (χ1) is 9.91.